The number of aliphatic hydroxyl groups is 1. The molecule has 0 bridgehead atoms. The molecule has 1 aliphatic rings. The molecule has 0 saturated carbocycles. The summed E-state index contributed by atoms with van der Waals surface area (Å²) < 4.78 is 43.3. The molecular weight excluding hydrogens is 519 g/mol. The molecule has 0 saturated heterocycles. The van der Waals surface area contributed by atoms with Crippen molar-refractivity contribution in [2.24, 2.45) is 5.10 Å². The van der Waals surface area contributed by atoms with Crippen LogP contribution in [0.3, 0.4) is 0 Å². The molecule has 3 N–H and O–H groups in total. The number of hydrogen-bond acceptors (Lipinski definition) is 6. The van der Waals surface area contributed by atoms with Gasteiger partial charge in [0.05, 0.1) is 30.7 Å². The van der Waals surface area contributed by atoms with Gasteiger partial charge in [0, 0.05) is 32.8 Å². The van der Waals surface area contributed by atoms with Crippen LogP contribution in [0.2, 0.25) is 0 Å². The molecule has 0 radical (unpaired) electrons. The summed E-state index contributed by atoms with van der Waals surface area (Å²) in [7, 11) is 1.43. The van der Waals surface area contributed by atoms with E-state index < -0.39 is 23.8 Å². The Bertz CT molecular complexity index is 1210. The van der Waals surface area contributed by atoms with E-state index in [0.29, 0.717) is 21.9 Å². The normalized spacial score (nSPS) is 15.8. The number of methoxy groups -OCH3 is 1. The van der Waals surface area contributed by atoms with Crippen LogP contribution >= 0.6 is 23.4 Å². The molecule has 1 unspecified atom stereocenters. The van der Waals surface area contributed by atoms with Crippen molar-refractivity contribution in [3.63, 3.8) is 0 Å². The first kappa shape index (κ1) is 27.3. The van der Waals surface area contributed by atoms with Crippen molar-refractivity contribution in [1.82, 2.24) is 5.43 Å². The lowest BCUT2D eigenvalue weighted by molar-refractivity contribution is -0.137. The number of nitrogens with one attached hydrogen (secondary N) is 2. The lowest BCUT2D eigenvalue weighted by Crippen LogP contribution is -2.22. The highest BCUT2D eigenvalue weighted by molar-refractivity contribution is 8.00. The molecule has 0 aromatic heterocycles. The molecule has 12 heteroatoms. The highest BCUT2D eigenvalue weighted by atomic mass is 35.5. The van der Waals surface area contributed by atoms with Crippen molar-refractivity contribution in [2.45, 2.75) is 23.6 Å². The third kappa shape index (κ3) is 7.61. The fourth-order valence-electron chi connectivity index (χ4n) is 3.02. The molecule has 36 heavy (non-hydrogen) atoms. The van der Waals surface area contributed by atoms with Gasteiger partial charge in [-0.25, -0.2) is 5.43 Å². The average molecular weight is 540 g/mol. The summed E-state index contributed by atoms with van der Waals surface area (Å²) in [5.74, 6) is -0.476. The summed E-state index contributed by atoms with van der Waals surface area (Å²) in [6.45, 7) is 0. The number of carbonyl (C=O) groups excluding carboxylic acids is 2. The van der Waals surface area contributed by atoms with Gasteiger partial charge in [-0.3, -0.25) is 9.59 Å². The van der Waals surface area contributed by atoms with E-state index >= 15 is 0 Å². The Balaban J connectivity index is 1.54. The summed E-state index contributed by atoms with van der Waals surface area (Å²) in [5, 5.41) is 16.3. The van der Waals surface area contributed by atoms with Gasteiger partial charge in [-0.2, -0.15) is 18.3 Å². The summed E-state index contributed by atoms with van der Waals surface area (Å²) in [6.07, 6.45) is -0.717. The van der Waals surface area contributed by atoms with Crippen molar-refractivity contribution >= 4 is 47.1 Å². The number of aliphatic hydroxyl groups excluding tert-OH is 1. The van der Waals surface area contributed by atoms with Crippen molar-refractivity contribution in [3.8, 4) is 5.75 Å². The minimum absolute atomic E-state index is 0.00569. The topological polar surface area (TPSA) is 100 Å². The molecule has 0 heterocycles. The number of carbonyl (C=O) groups is 2. The second kappa shape index (κ2) is 12.1. The van der Waals surface area contributed by atoms with Gasteiger partial charge in [0.25, 0.3) is 5.91 Å². The quantitative estimate of drug-likeness (QED) is 0.256. The number of rotatable bonds is 8. The van der Waals surface area contributed by atoms with Crippen molar-refractivity contribution in [1.29, 1.82) is 0 Å². The number of ether oxygens (including phenoxy) is 1. The maximum atomic E-state index is 12.6. The van der Waals surface area contributed by atoms with Gasteiger partial charge in [-0.05, 0) is 48.9 Å². The third-order valence-electron chi connectivity index (χ3n) is 4.87. The molecule has 3 rings (SSSR count). The summed E-state index contributed by atoms with van der Waals surface area (Å²) in [6, 6.07) is 9.37. The highest BCUT2D eigenvalue weighted by Crippen LogP contribution is 2.31. The molecule has 0 fully saturated rings. The maximum absolute atomic E-state index is 12.6. The van der Waals surface area contributed by atoms with Gasteiger partial charge in [0.1, 0.15) is 5.75 Å². The molecule has 2 amide bonds. The molecule has 7 nitrogen and oxygen atoms in total. The Morgan fingerprint density at radius 1 is 1.25 bits per heavy atom. The SMILES string of the molecule is COc1cc(NC(=O)CSc2ccc(C(F)(F)F)cc2)ccc1/C=N/NC(=O)C1=CCC(O)C(Cl)=C1. The van der Waals surface area contributed by atoms with Crippen LogP contribution < -0.4 is 15.5 Å². The molecule has 2 aromatic rings. The number of nitrogens with zero attached hydrogens (tertiary/aromatic N) is 1. The average Bonchev–Trinajstić information content (AvgIpc) is 2.84. The van der Waals surface area contributed by atoms with Crippen LogP contribution in [-0.4, -0.2) is 42.1 Å². The number of amides is 2. The number of hydrogen-bond donors (Lipinski definition) is 3. The largest absolute Gasteiger partial charge is 0.496 e. The number of thioether (sulfide) groups is 1. The lowest BCUT2D eigenvalue weighted by atomic mass is 10.0. The van der Waals surface area contributed by atoms with E-state index in [9.17, 15) is 27.9 Å². The zero-order valence-electron chi connectivity index (χ0n) is 18.8. The van der Waals surface area contributed by atoms with Crippen molar-refractivity contribution < 1.29 is 32.6 Å². The number of anilines is 1. The maximum Gasteiger partial charge on any atom is 0.416 e. The van der Waals surface area contributed by atoms with Gasteiger partial charge in [-0.15, -0.1) is 11.8 Å². The Labute approximate surface area is 214 Å². The summed E-state index contributed by atoms with van der Waals surface area (Å²) in [5.41, 5.74) is 2.86. The molecular formula is C24H21ClF3N3O4S. The van der Waals surface area contributed by atoms with E-state index in [1.807, 2.05) is 0 Å². The van der Waals surface area contributed by atoms with Crippen LogP contribution in [0.25, 0.3) is 0 Å². The first-order chi connectivity index (χ1) is 17.1. The van der Waals surface area contributed by atoms with E-state index in [-0.39, 0.29) is 28.7 Å². The van der Waals surface area contributed by atoms with Gasteiger partial charge < -0.3 is 15.2 Å². The van der Waals surface area contributed by atoms with E-state index in [2.05, 4.69) is 15.8 Å². The van der Waals surface area contributed by atoms with E-state index in [1.54, 1.807) is 24.3 Å². The fraction of sp³-hybridized carbons (Fsp3) is 0.208. The monoisotopic (exact) mass is 539 g/mol. The van der Waals surface area contributed by atoms with Crippen LogP contribution in [0.1, 0.15) is 17.5 Å². The number of hydrazone groups is 1. The van der Waals surface area contributed by atoms with Gasteiger partial charge >= 0.3 is 6.18 Å². The van der Waals surface area contributed by atoms with Crippen LogP contribution in [0, 0.1) is 0 Å². The van der Waals surface area contributed by atoms with E-state index in [4.69, 9.17) is 16.3 Å². The highest BCUT2D eigenvalue weighted by Gasteiger charge is 2.30. The molecule has 2 aromatic carbocycles. The molecule has 1 atom stereocenters. The van der Waals surface area contributed by atoms with Crippen molar-refractivity contribution in [3.05, 3.63) is 76.3 Å². The molecule has 190 valence electrons. The molecule has 0 spiro atoms. The zero-order chi connectivity index (χ0) is 26.3. The number of halogens is 4. The number of benzene rings is 2. The molecule has 0 aliphatic heterocycles. The predicted molar refractivity (Wildman–Crippen MR) is 132 cm³/mol. The second-order valence-corrected chi connectivity index (χ2v) is 8.94. The smallest absolute Gasteiger partial charge is 0.416 e. The molecule has 1 aliphatic carbocycles. The minimum Gasteiger partial charge on any atom is -0.496 e. The van der Waals surface area contributed by atoms with Crippen LogP contribution in [0.4, 0.5) is 18.9 Å². The summed E-state index contributed by atoms with van der Waals surface area (Å²) in [4.78, 5) is 25.0. The van der Waals surface area contributed by atoms with Crippen LogP contribution in [0.5, 0.6) is 5.75 Å². The Kier molecular flexibility index (Phi) is 9.19. The van der Waals surface area contributed by atoms with E-state index in [1.165, 1.54) is 31.5 Å². The van der Waals surface area contributed by atoms with Crippen LogP contribution in [-0.2, 0) is 15.8 Å². The van der Waals surface area contributed by atoms with Gasteiger partial charge in [0.2, 0.25) is 5.91 Å². The number of alkyl halides is 3. The zero-order valence-corrected chi connectivity index (χ0v) is 20.4. The first-order valence-electron chi connectivity index (χ1n) is 10.4. The minimum atomic E-state index is -4.41. The van der Waals surface area contributed by atoms with Gasteiger partial charge in [0.15, 0.2) is 0 Å². The van der Waals surface area contributed by atoms with E-state index in [0.717, 1.165) is 23.9 Å². The predicted octanol–water partition coefficient (Wildman–Crippen LogP) is 4.71. The second-order valence-electron chi connectivity index (χ2n) is 7.46. The Morgan fingerprint density at radius 3 is 2.61 bits per heavy atom. The summed E-state index contributed by atoms with van der Waals surface area (Å²) >= 11 is 6.97. The lowest BCUT2D eigenvalue weighted by Gasteiger charge is -2.13. The third-order valence-corrected chi connectivity index (χ3v) is 6.25. The Morgan fingerprint density at radius 2 is 1.97 bits per heavy atom. The fourth-order valence-corrected chi connectivity index (χ4v) is 3.92. The van der Waals surface area contributed by atoms with Crippen molar-refractivity contribution in [2.75, 3.05) is 18.2 Å². The standard InChI is InChI=1S/C24H21ClF3N3O4S/c1-35-21-11-17(30-22(33)13-36-18-7-4-16(5-8-18)24(26,27)28)6-2-15(21)12-29-31-23(34)14-3-9-20(32)19(25)10-14/h2-8,10-12,20,32H,9,13H2,1H3,(H,30,33)(H,31,34)/b29-12+. The van der Waals surface area contributed by atoms with Crippen LogP contribution in [0.15, 0.2) is 75.2 Å². The first-order valence-corrected chi connectivity index (χ1v) is 11.8. The Hall–Kier alpha value is -3.28. The van der Waals surface area contributed by atoms with Gasteiger partial charge in [-0.1, -0.05) is 17.7 Å².